The number of nitrogens with one attached hydrogen (secondary N) is 1. The smallest absolute Gasteiger partial charge is 0.256 e. The molecule has 6 heteroatoms. The van der Waals surface area contributed by atoms with Gasteiger partial charge < -0.3 is 10.1 Å². The third-order valence-corrected chi connectivity index (χ3v) is 3.49. The van der Waals surface area contributed by atoms with E-state index in [1.807, 2.05) is 25.1 Å². The van der Waals surface area contributed by atoms with E-state index in [1.165, 1.54) is 0 Å². The van der Waals surface area contributed by atoms with E-state index in [0.717, 1.165) is 0 Å². The Morgan fingerprint density at radius 3 is 2.69 bits per heavy atom. The van der Waals surface area contributed by atoms with Gasteiger partial charge in [0.1, 0.15) is 5.54 Å². The van der Waals surface area contributed by atoms with Crippen molar-refractivity contribution in [1.29, 1.82) is 0 Å². The number of hydrogen-bond donors (Lipinski definition) is 1. The Labute approximate surface area is 121 Å². The first-order valence-electron chi connectivity index (χ1n) is 5.20. The molecule has 2 aliphatic heterocycles. The molecule has 2 rings (SSSR count). The molecule has 0 bridgehead atoms. The zero-order valence-corrected chi connectivity index (χ0v) is 12.7. The predicted octanol–water partition coefficient (Wildman–Crippen LogP) is -0.708. The van der Waals surface area contributed by atoms with Crippen molar-refractivity contribution in [2.24, 2.45) is 0 Å². The van der Waals surface area contributed by atoms with E-state index >= 15 is 0 Å². The van der Waals surface area contributed by atoms with E-state index in [2.05, 4.69) is 5.32 Å². The van der Waals surface area contributed by atoms with E-state index in [4.69, 9.17) is 0 Å². The summed E-state index contributed by atoms with van der Waals surface area (Å²) in [7, 11) is 1.77. The van der Waals surface area contributed by atoms with Crippen LogP contribution in [-0.2, 0) is 42.3 Å². The molecule has 0 aliphatic carbocycles. The molecular formula is C10H16N3O2Y-. The second-order valence-corrected chi connectivity index (χ2v) is 4.55. The van der Waals surface area contributed by atoms with Crippen LogP contribution in [-0.4, -0.2) is 53.4 Å². The molecule has 0 saturated carbocycles. The minimum Gasteiger partial charge on any atom is -0.540 e. The van der Waals surface area contributed by atoms with E-state index in [0.29, 0.717) is 13.0 Å². The zero-order valence-electron chi connectivity index (χ0n) is 9.86. The summed E-state index contributed by atoms with van der Waals surface area (Å²) in [4.78, 5) is 22.9. The van der Waals surface area contributed by atoms with Crippen LogP contribution in [0.5, 0.6) is 0 Å². The van der Waals surface area contributed by atoms with Gasteiger partial charge in [-0.3, -0.25) is 9.80 Å². The number of fused-ring (bicyclic) bond motifs is 1. The molecule has 2 aliphatic rings. The Morgan fingerprint density at radius 1 is 1.56 bits per heavy atom. The fourth-order valence-corrected chi connectivity index (χ4v) is 2.35. The molecule has 0 aromatic rings. The van der Waals surface area contributed by atoms with E-state index in [1.54, 1.807) is 12.1 Å². The summed E-state index contributed by atoms with van der Waals surface area (Å²) in [5.41, 5.74) is -0.566. The van der Waals surface area contributed by atoms with Gasteiger partial charge in [-0.25, -0.2) is 11.3 Å². The van der Waals surface area contributed by atoms with Crippen LogP contribution >= 0.6 is 0 Å². The second-order valence-electron chi connectivity index (χ2n) is 4.55. The van der Waals surface area contributed by atoms with Gasteiger partial charge >= 0.3 is 0 Å². The number of hydrogen-bond acceptors (Lipinski definition) is 4. The van der Waals surface area contributed by atoms with Crippen LogP contribution in [0.25, 0.3) is 0 Å². The molecule has 2 fully saturated rings. The standard InChI is InChI=1S/C10H16N3O2.Y/c1-7-4-8(5-14)13-9(15)10(2,11-3)6-12(7)13;/h7-8,11H,4,6H2,1-3H3;/q-1;. The first kappa shape index (κ1) is 14.2. The molecule has 5 nitrogen and oxygen atoms in total. The average Bonchev–Trinajstić information content (AvgIpc) is 2.67. The van der Waals surface area contributed by atoms with Crippen LogP contribution in [0.2, 0.25) is 0 Å². The van der Waals surface area contributed by atoms with E-state index in [-0.39, 0.29) is 44.7 Å². The predicted molar refractivity (Wildman–Crippen MR) is 54.6 cm³/mol. The first-order chi connectivity index (χ1) is 7.03. The summed E-state index contributed by atoms with van der Waals surface area (Å²) >= 11 is 0. The van der Waals surface area contributed by atoms with E-state index < -0.39 is 11.6 Å². The summed E-state index contributed by atoms with van der Waals surface area (Å²) < 4.78 is 0. The molecule has 0 spiro atoms. The van der Waals surface area contributed by atoms with Gasteiger partial charge in [0, 0.05) is 45.3 Å². The normalized spacial score (nSPS) is 38.4. The van der Waals surface area contributed by atoms with Gasteiger partial charge in [0.05, 0.1) is 0 Å². The SMILES string of the molecule is CNC1(C)CN2C(C)CC([C-]=O)N2C1=O.[Y]. The molecular weight excluding hydrogens is 283 g/mol. The maximum Gasteiger partial charge on any atom is 0.256 e. The summed E-state index contributed by atoms with van der Waals surface area (Å²) in [6, 6.07) is -0.168. The Bertz CT molecular complexity index is 312. The average molecular weight is 299 g/mol. The van der Waals surface area contributed by atoms with Gasteiger partial charge in [-0.05, 0) is 33.4 Å². The van der Waals surface area contributed by atoms with Crippen molar-refractivity contribution in [3.05, 3.63) is 0 Å². The zero-order chi connectivity index (χ0) is 11.2. The molecule has 87 valence electrons. The molecule has 0 aromatic carbocycles. The van der Waals surface area contributed by atoms with Crippen molar-refractivity contribution < 1.29 is 42.3 Å². The Balaban J connectivity index is 0.00000128. The minimum atomic E-state index is -0.566. The van der Waals surface area contributed by atoms with Crippen molar-refractivity contribution in [3.63, 3.8) is 0 Å². The summed E-state index contributed by atoms with van der Waals surface area (Å²) in [5.74, 6) is -0.0253. The Kier molecular flexibility index (Phi) is 4.27. The quantitative estimate of drug-likeness (QED) is 0.685. The fourth-order valence-electron chi connectivity index (χ4n) is 2.35. The molecule has 3 unspecified atom stereocenters. The van der Waals surface area contributed by atoms with Crippen LogP contribution in [0.3, 0.4) is 0 Å². The number of rotatable bonds is 2. The first-order valence-corrected chi connectivity index (χ1v) is 5.20. The van der Waals surface area contributed by atoms with Crippen molar-refractivity contribution in [3.8, 4) is 0 Å². The van der Waals surface area contributed by atoms with Crippen molar-refractivity contribution in [1.82, 2.24) is 15.3 Å². The third-order valence-electron chi connectivity index (χ3n) is 3.49. The third kappa shape index (κ3) is 1.88. The number of carbonyl (C=O) groups is 1. The molecule has 2 heterocycles. The minimum absolute atomic E-state index is 0. The number of nitrogens with zero attached hydrogens (tertiary/aromatic N) is 2. The van der Waals surface area contributed by atoms with Crippen LogP contribution in [0.1, 0.15) is 20.3 Å². The maximum absolute atomic E-state index is 12.1. The fraction of sp³-hybridized carbons (Fsp3) is 0.800. The van der Waals surface area contributed by atoms with Gasteiger partial charge in [0.15, 0.2) is 0 Å². The van der Waals surface area contributed by atoms with Crippen molar-refractivity contribution >= 4 is 12.2 Å². The number of likely N-dealkylation sites (N-methyl/N-ethyl adjacent to an activating group) is 1. The van der Waals surface area contributed by atoms with Gasteiger partial charge in [0.2, 0.25) is 0 Å². The Hall–Kier alpha value is 0.164. The molecule has 0 aromatic heterocycles. The Morgan fingerprint density at radius 2 is 2.19 bits per heavy atom. The maximum atomic E-state index is 12.1. The topological polar surface area (TPSA) is 52.7 Å². The van der Waals surface area contributed by atoms with Crippen molar-refractivity contribution in [2.75, 3.05) is 13.6 Å². The number of hydrazine groups is 1. The molecule has 16 heavy (non-hydrogen) atoms. The van der Waals surface area contributed by atoms with Crippen molar-refractivity contribution in [2.45, 2.75) is 37.9 Å². The molecule has 1 radical (unpaired) electrons. The molecule has 3 atom stereocenters. The molecule has 1 amide bonds. The van der Waals surface area contributed by atoms with Crippen LogP contribution in [0.4, 0.5) is 0 Å². The summed E-state index contributed by atoms with van der Waals surface area (Å²) in [6.45, 7) is 4.52. The molecule has 1 N–H and O–H groups in total. The van der Waals surface area contributed by atoms with Crippen LogP contribution < -0.4 is 5.32 Å². The van der Waals surface area contributed by atoms with Gasteiger partial charge in [0.25, 0.3) is 5.91 Å². The van der Waals surface area contributed by atoms with Gasteiger partial charge in [-0.1, -0.05) is 0 Å². The van der Waals surface area contributed by atoms with Gasteiger partial charge in [-0.15, -0.1) is 0 Å². The second kappa shape index (κ2) is 4.80. The monoisotopic (exact) mass is 299 g/mol. The molecule has 2 saturated heterocycles. The number of carbonyl (C=O) groups excluding carboxylic acids is 2. The largest absolute Gasteiger partial charge is 0.540 e. The van der Waals surface area contributed by atoms with E-state index in [9.17, 15) is 9.59 Å². The van der Waals surface area contributed by atoms with Gasteiger partial charge in [-0.2, -0.15) is 0 Å². The van der Waals surface area contributed by atoms with Crippen LogP contribution in [0, 0.1) is 0 Å². The number of amides is 1. The van der Waals surface area contributed by atoms with Crippen LogP contribution in [0.15, 0.2) is 0 Å². The summed E-state index contributed by atoms with van der Waals surface area (Å²) in [6.07, 6.45) is 2.63. The summed E-state index contributed by atoms with van der Waals surface area (Å²) in [5, 5.41) is 6.55.